The Hall–Kier alpha value is -3.15. The first-order valence-electron chi connectivity index (χ1n) is 7.83. The number of para-hydroxylation sites is 1. The summed E-state index contributed by atoms with van der Waals surface area (Å²) in [6.45, 7) is 3.61. The van der Waals surface area contributed by atoms with Gasteiger partial charge < -0.3 is 15.4 Å². The van der Waals surface area contributed by atoms with Gasteiger partial charge >= 0.3 is 0 Å². The number of rotatable bonds is 5. The van der Waals surface area contributed by atoms with Crippen LogP contribution in [0.5, 0.6) is 5.75 Å². The lowest BCUT2D eigenvalue weighted by Gasteiger charge is -2.12. The van der Waals surface area contributed by atoms with Crippen molar-refractivity contribution >= 4 is 23.1 Å². The van der Waals surface area contributed by atoms with Crippen LogP contribution in [0.4, 0.5) is 27.5 Å². The molecule has 2 N–H and O–H groups in total. The van der Waals surface area contributed by atoms with Crippen molar-refractivity contribution in [3.8, 4) is 5.75 Å². The van der Waals surface area contributed by atoms with Crippen LogP contribution < -0.4 is 15.4 Å². The SMILES string of the molecule is COc1cc(Nc2ncc(C)c(Nc3ccccc3)n2)cc(C)c1F. The Labute approximate surface area is 145 Å². The van der Waals surface area contributed by atoms with Crippen molar-refractivity contribution in [1.29, 1.82) is 0 Å². The van der Waals surface area contributed by atoms with Crippen LogP contribution in [-0.2, 0) is 0 Å². The molecule has 3 aromatic rings. The second kappa shape index (κ2) is 7.17. The Balaban J connectivity index is 1.86. The highest BCUT2D eigenvalue weighted by Crippen LogP contribution is 2.27. The van der Waals surface area contributed by atoms with Crippen LogP contribution in [0.25, 0.3) is 0 Å². The van der Waals surface area contributed by atoms with Gasteiger partial charge in [0.1, 0.15) is 5.82 Å². The number of ether oxygens (including phenoxy) is 1. The molecule has 0 unspecified atom stereocenters. The molecular weight excluding hydrogens is 319 g/mol. The predicted octanol–water partition coefficient (Wildman–Crippen LogP) is 4.73. The summed E-state index contributed by atoms with van der Waals surface area (Å²) in [7, 11) is 1.44. The minimum atomic E-state index is -0.371. The molecule has 0 radical (unpaired) electrons. The van der Waals surface area contributed by atoms with Crippen LogP contribution in [0.1, 0.15) is 11.1 Å². The molecule has 128 valence electrons. The van der Waals surface area contributed by atoms with Gasteiger partial charge in [-0.15, -0.1) is 0 Å². The molecule has 25 heavy (non-hydrogen) atoms. The van der Waals surface area contributed by atoms with E-state index < -0.39 is 0 Å². The van der Waals surface area contributed by atoms with Crippen molar-refractivity contribution in [2.24, 2.45) is 0 Å². The quantitative estimate of drug-likeness (QED) is 0.704. The Kier molecular flexibility index (Phi) is 4.79. The van der Waals surface area contributed by atoms with Crippen LogP contribution in [0.15, 0.2) is 48.7 Å². The van der Waals surface area contributed by atoms with E-state index in [0.717, 1.165) is 11.3 Å². The fourth-order valence-corrected chi connectivity index (χ4v) is 2.37. The third-order valence-corrected chi connectivity index (χ3v) is 3.71. The Morgan fingerprint density at radius 3 is 2.44 bits per heavy atom. The number of hydrogen-bond donors (Lipinski definition) is 2. The van der Waals surface area contributed by atoms with E-state index in [1.54, 1.807) is 25.3 Å². The number of nitrogens with zero attached hydrogens (tertiary/aromatic N) is 2. The Morgan fingerprint density at radius 2 is 1.72 bits per heavy atom. The van der Waals surface area contributed by atoms with Gasteiger partial charge in [0.2, 0.25) is 5.95 Å². The fourth-order valence-electron chi connectivity index (χ4n) is 2.37. The molecule has 0 bridgehead atoms. The summed E-state index contributed by atoms with van der Waals surface area (Å²) < 4.78 is 18.9. The first-order chi connectivity index (χ1) is 12.1. The number of halogens is 1. The second-order valence-electron chi connectivity index (χ2n) is 5.65. The van der Waals surface area contributed by atoms with Crippen LogP contribution in [0.2, 0.25) is 0 Å². The molecular formula is C19H19FN4O. The largest absolute Gasteiger partial charge is 0.494 e. The molecule has 6 heteroatoms. The summed E-state index contributed by atoms with van der Waals surface area (Å²) in [5.41, 5.74) is 3.00. The number of hydrogen-bond acceptors (Lipinski definition) is 5. The summed E-state index contributed by atoms with van der Waals surface area (Å²) in [6.07, 6.45) is 1.73. The van der Waals surface area contributed by atoms with E-state index >= 15 is 0 Å². The zero-order chi connectivity index (χ0) is 17.8. The molecule has 1 heterocycles. The summed E-state index contributed by atoms with van der Waals surface area (Å²) in [6, 6.07) is 13.0. The maximum atomic E-state index is 13.9. The third-order valence-electron chi connectivity index (χ3n) is 3.71. The summed E-state index contributed by atoms with van der Waals surface area (Å²) in [4.78, 5) is 8.79. The molecule has 0 saturated carbocycles. The van der Waals surface area contributed by atoms with Gasteiger partial charge in [-0.1, -0.05) is 18.2 Å². The molecule has 0 aliphatic carbocycles. The molecule has 0 saturated heterocycles. The number of aryl methyl sites for hydroxylation is 2. The molecule has 0 fully saturated rings. The van der Waals surface area contributed by atoms with Crippen LogP contribution >= 0.6 is 0 Å². The molecule has 0 atom stereocenters. The maximum Gasteiger partial charge on any atom is 0.229 e. The molecule has 0 aliphatic rings. The van der Waals surface area contributed by atoms with Crippen molar-refractivity contribution in [2.45, 2.75) is 13.8 Å². The lowest BCUT2D eigenvalue weighted by Crippen LogP contribution is -2.03. The molecule has 0 aliphatic heterocycles. The van der Waals surface area contributed by atoms with Crippen molar-refractivity contribution in [3.05, 3.63) is 65.6 Å². The minimum absolute atomic E-state index is 0.178. The van der Waals surface area contributed by atoms with Gasteiger partial charge in [-0.25, -0.2) is 9.37 Å². The van der Waals surface area contributed by atoms with Gasteiger partial charge in [0.05, 0.1) is 7.11 Å². The average molecular weight is 338 g/mol. The summed E-state index contributed by atoms with van der Waals surface area (Å²) in [5.74, 6) is 0.924. The highest BCUT2D eigenvalue weighted by molar-refractivity contribution is 5.63. The first kappa shape index (κ1) is 16.7. The van der Waals surface area contributed by atoms with E-state index in [0.29, 0.717) is 23.0 Å². The van der Waals surface area contributed by atoms with E-state index in [4.69, 9.17) is 4.74 Å². The zero-order valence-corrected chi connectivity index (χ0v) is 14.3. The number of methoxy groups -OCH3 is 1. The molecule has 0 amide bonds. The van der Waals surface area contributed by atoms with Gasteiger partial charge in [0.25, 0.3) is 0 Å². The predicted molar refractivity (Wildman–Crippen MR) is 97.5 cm³/mol. The van der Waals surface area contributed by atoms with Crippen LogP contribution in [0.3, 0.4) is 0 Å². The second-order valence-corrected chi connectivity index (χ2v) is 5.65. The highest BCUT2D eigenvalue weighted by Gasteiger charge is 2.10. The molecule has 1 aromatic heterocycles. The lowest BCUT2D eigenvalue weighted by atomic mass is 10.2. The Bertz CT molecular complexity index is 884. The average Bonchev–Trinajstić information content (AvgIpc) is 2.61. The smallest absolute Gasteiger partial charge is 0.229 e. The fraction of sp³-hybridized carbons (Fsp3) is 0.158. The lowest BCUT2D eigenvalue weighted by molar-refractivity contribution is 0.385. The number of nitrogens with one attached hydrogen (secondary N) is 2. The van der Waals surface area contributed by atoms with E-state index in [2.05, 4.69) is 20.6 Å². The van der Waals surface area contributed by atoms with E-state index in [1.807, 2.05) is 37.3 Å². The highest BCUT2D eigenvalue weighted by atomic mass is 19.1. The Morgan fingerprint density at radius 1 is 0.960 bits per heavy atom. The van der Waals surface area contributed by atoms with Crippen LogP contribution in [-0.4, -0.2) is 17.1 Å². The van der Waals surface area contributed by atoms with E-state index in [9.17, 15) is 4.39 Å². The van der Waals surface area contributed by atoms with Crippen molar-refractivity contribution in [3.63, 3.8) is 0 Å². The maximum absolute atomic E-state index is 13.9. The topological polar surface area (TPSA) is 59.1 Å². The van der Waals surface area contributed by atoms with E-state index in [-0.39, 0.29) is 11.6 Å². The monoisotopic (exact) mass is 338 g/mol. The normalized spacial score (nSPS) is 10.4. The summed E-state index contributed by atoms with van der Waals surface area (Å²) >= 11 is 0. The standard InChI is InChI=1S/C19H19FN4O/c1-12-9-15(10-16(25-3)17(12)20)23-19-21-11-13(2)18(24-19)22-14-7-5-4-6-8-14/h4-11H,1-3H3,(H2,21,22,23,24). The van der Waals surface area contributed by atoms with Gasteiger partial charge in [-0.05, 0) is 37.6 Å². The van der Waals surface area contributed by atoms with Crippen molar-refractivity contribution < 1.29 is 9.13 Å². The zero-order valence-electron chi connectivity index (χ0n) is 14.3. The van der Waals surface area contributed by atoms with Gasteiger partial charge in [-0.3, -0.25) is 0 Å². The van der Waals surface area contributed by atoms with E-state index in [1.165, 1.54) is 7.11 Å². The van der Waals surface area contributed by atoms with Gasteiger partial charge in [0.15, 0.2) is 11.6 Å². The van der Waals surface area contributed by atoms with Crippen LogP contribution in [0, 0.1) is 19.7 Å². The third kappa shape index (κ3) is 3.85. The molecule has 2 aromatic carbocycles. The minimum Gasteiger partial charge on any atom is -0.494 e. The van der Waals surface area contributed by atoms with Gasteiger partial charge in [-0.2, -0.15) is 4.98 Å². The molecule has 0 spiro atoms. The van der Waals surface area contributed by atoms with Gasteiger partial charge in [0, 0.05) is 29.2 Å². The number of anilines is 4. The van der Waals surface area contributed by atoms with Crippen molar-refractivity contribution in [1.82, 2.24) is 9.97 Å². The molecule has 3 rings (SSSR count). The van der Waals surface area contributed by atoms with Crippen molar-refractivity contribution in [2.75, 3.05) is 17.7 Å². The first-order valence-corrected chi connectivity index (χ1v) is 7.83. The number of aromatic nitrogens is 2. The molecule has 5 nitrogen and oxygen atoms in total. The number of benzene rings is 2. The summed E-state index contributed by atoms with van der Waals surface area (Å²) in [5, 5.41) is 6.36.